The number of benzene rings is 1. The van der Waals surface area contributed by atoms with E-state index in [1.807, 2.05) is 0 Å². The highest BCUT2D eigenvalue weighted by atomic mass is 32.2. The van der Waals surface area contributed by atoms with Gasteiger partial charge in [0.05, 0.1) is 23.0 Å². The molecule has 9 heteroatoms. The molecule has 2 heterocycles. The van der Waals surface area contributed by atoms with Crippen LogP contribution in [0, 0.1) is 10.1 Å². The zero-order valence-electron chi connectivity index (χ0n) is 11.8. The van der Waals surface area contributed by atoms with Crippen LogP contribution < -0.4 is 0 Å². The molecule has 0 aromatic heterocycles. The van der Waals surface area contributed by atoms with E-state index >= 15 is 0 Å². The highest BCUT2D eigenvalue weighted by Gasteiger charge is 2.42. The topological polar surface area (TPSA) is 99.0 Å². The third-order valence-corrected chi connectivity index (χ3v) is 5.90. The van der Waals surface area contributed by atoms with Crippen LogP contribution in [0.25, 0.3) is 0 Å². The van der Waals surface area contributed by atoms with Crippen LogP contribution in [-0.2, 0) is 19.5 Å². The summed E-state index contributed by atoms with van der Waals surface area (Å²) in [5.41, 5.74) is -0.135. The van der Waals surface area contributed by atoms with Crippen LogP contribution in [0.2, 0.25) is 0 Å². The number of nitro groups is 1. The van der Waals surface area contributed by atoms with Gasteiger partial charge in [0.15, 0.2) is 5.79 Å². The van der Waals surface area contributed by atoms with E-state index < -0.39 is 20.7 Å². The third kappa shape index (κ3) is 2.72. The van der Waals surface area contributed by atoms with Crippen LogP contribution in [0.1, 0.15) is 12.8 Å². The summed E-state index contributed by atoms with van der Waals surface area (Å²) in [7, 11) is -3.65. The highest BCUT2D eigenvalue weighted by molar-refractivity contribution is 7.89. The van der Waals surface area contributed by atoms with Gasteiger partial charge in [0.2, 0.25) is 10.0 Å². The molecule has 0 radical (unpaired) electrons. The summed E-state index contributed by atoms with van der Waals surface area (Å²) in [4.78, 5) is 10.1. The van der Waals surface area contributed by atoms with Crippen LogP contribution in [0.15, 0.2) is 29.2 Å². The Labute approximate surface area is 127 Å². The largest absolute Gasteiger partial charge is 0.347 e. The van der Waals surface area contributed by atoms with Gasteiger partial charge < -0.3 is 9.47 Å². The molecule has 0 unspecified atom stereocenters. The van der Waals surface area contributed by atoms with Crippen molar-refractivity contribution in [2.45, 2.75) is 23.5 Å². The van der Waals surface area contributed by atoms with Crippen LogP contribution in [0.5, 0.6) is 0 Å². The van der Waals surface area contributed by atoms with Crippen LogP contribution >= 0.6 is 0 Å². The first-order valence-electron chi connectivity index (χ1n) is 6.96. The number of piperidine rings is 1. The minimum absolute atomic E-state index is 0.0577. The van der Waals surface area contributed by atoms with E-state index in [9.17, 15) is 18.5 Å². The second kappa shape index (κ2) is 5.58. The second-order valence-corrected chi connectivity index (χ2v) is 7.20. The lowest BCUT2D eigenvalue weighted by Gasteiger charge is -2.36. The van der Waals surface area contributed by atoms with Gasteiger partial charge in [0.25, 0.3) is 5.69 Å². The predicted molar refractivity (Wildman–Crippen MR) is 75.7 cm³/mol. The number of rotatable bonds is 3. The Bertz CT molecular complexity index is 656. The molecule has 0 aliphatic carbocycles. The lowest BCUT2D eigenvalue weighted by molar-refractivity contribution is -0.384. The Balaban J connectivity index is 1.74. The van der Waals surface area contributed by atoms with Gasteiger partial charge in [-0.25, -0.2) is 8.42 Å². The fraction of sp³-hybridized carbons (Fsp3) is 0.538. The van der Waals surface area contributed by atoms with Gasteiger partial charge in [-0.1, -0.05) is 0 Å². The van der Waals surface area contributed by atoms with E-state index in [1.165, 1.54) is 28.6 Å². The second-order valence-electron chi connectivity index (χ2n) is 5.26. The van der Waals surface area contributed by atoms with Crippen molar-refractivity contribution in [1.82, 2.24) is 4.31 Å². The zero-order valence-corrected chi connectivity index (χ0v) is 12.6. The van der Waals surface area contributed by atoms with Crippen molar-refractivity contribution in [2.24, 2.45) is 0 Å². The first kappa shape index (κ1) is 15.3. The number of nitro benzene ring substituents is 1. The van der Waals surface area contributed by atoms with Gasteiger partial charge in [0, 0.05) is 38.1 Å². The first-order chi connectivity index (χ1) is 10.4. The molecule has 2 aliphatic heterocycles. The van der Waals surface area contributed by atoms with Crippen molar-refractivity contribution in [3.8, 4) is 0 Å². The molecule has 0 saturated carbocycles. The molecule has 0 N–H and O–H groups in total. The molecule has 1 aromatic rings. The fourth-order valence-electron chi connectivity index (χ4n) is 2.74. The van der Waals surface area contributed by atoms with Crippen molar-refractivity contribution in [3.63, 3.8) is 0 Å². The quantitative estimate of drug-likeness (QED) is 0.609. The molecule has 0 bridgehead atoms. The van der Waals surface area contributed by atoms with E-state index in [0.29, 0.717) is 39.1 Å². The van der Waals surface area contributed by atoms with Crippen molar-refractivity contribution in [1.29, 1.82) is 0 Å². The molecular formula is C13H16N2O6S. The van der Waals surface area contributed by atoms with Gasteiger partial charge in [-0.05, 0) is 12.1 Å². The van der Waals surface area contributed by atoms with Crippen LogP contribution in [0.4, 0.5) is 5.69 Å². The Morgan fingerprint density at radius 2 is 1.64 bits per heavy atom. The zero-order chi connectivity index (χ0) is 15.8. The molecule has 0 amide bonds. The summed E-state index contributed by atoms with van der Waals surface area (Å²) in [5, 5.41) is 10.6. The van der Waals surface area contributed by atoms with Crippen molar-refractivity contribution >= 4 is 15.7 Å². The average molecular weight is 328 g/mol. The summed E-state index contributed by atoms with van der Waals surface area (Å²) < 4.78 is 37.6. The molecule has 2 aliphatic rings. The summed E-state index contributed by atoms with van der Waals surface area (Å²) in [5.74, 6) is -0.637. The van der Waals surface area contributed by atoms with Crippen molar-refractivity contribution in [3.05, 3.63) is 34.4 Å². The van der Waals surface area contributed by atoms with E-state index in [1.54, 1.807) is 0 Å². The van der Waals surface area contributed by atoms with Gasteiger partial charge >= 0.3 is 0 Å². The molecule has 1 spiro atoms. The molecule has 22 heavy (non-hydrogen) atoms. The summed E-state index contributed by atoms with van der Waals surface area (Å²) >= 11 is 0. The fourth-order valence-corrected chi connectivity index (χ4v) is 4.18. The summed E-state index contributed by atoms with van der Waals surface area (Å²) in [6, 6.07) is 4.92. The number of non-ortho nitro benzene ring substituents is 1. The molecule has 120 valence electrons. The number of ether oxygens (including phenoxy) is 2. The highest BCUT2D eigenvalue weighted by Crippen LogP contribution is 2.33. The number of sulfonamides is 1. The Hall–Kier alpha value is -1.55. The molecule has 3 rings (SSSR count). The van der Waals surface area contributed by atoms with Crippen LogP contribution in [0.3, 0.4) is 0 Å². The Morgan fingerprint density at radius 3 is 2.14 bits per heavy atom. The maximum Gasteiger partial charge on any atom is 0.269 e. The molecule has 2 saturated heterocycles. The molecular weight excluding hydrogens is 312 g/mol. The maximum atomic E-state index is 12.5. The smallest absolute Gasteiger partial charge is 0.269 e. The predicted octanol–water partition coefficient (Wildman–Crippen LogP) is 1.12. The molecule has 2 fully saturated rings. The van der Waals surface area contributed by atoms with Gasteiger partial charge in [-0.2, -0.15) is 4.31 Å². The molecule has 0 atom stereocenters. The van der Waals surface area contributed by atoms with Gasteiger partial charge in [-0.3, -0.25) is 10.1 Å². The third-order valence-electron chi connectivity index (χ3n) is 3.98. The first-order valence-corrected chi connectivity index (χ1v) is 8.40. The summed E-state index contributed by atoms with van der Waals surface area (Å²) in [6.07, 6.45) is 0.971. The van der Waals surface area contributed by atoms with Gasteiger partial charge in [0.1, 0.15) is 0 Å². The van der Waals surface area contributed by atoms with Crippen molar-refractivity contribution < 1.29 is 22.8 Å². The Morgan fingerprint density at radius 1 is 1.09 bits per heavy atom. The number of hydrogen-bond acceptors (Lipinski definition) is 6. The normalized spacial score (nSPS) is 22.0. The van der Waals surface area contributed by atoms with E-state index in [2.05, 4.69) is 0 Å². The molecule has 1 aromatic carbocycles. The average Bonchev–Trinajstić information content (AvgIpc) is 2.96. The summed E-state index contributed by atoms with van der Waals surface area (Å²) in [6.45, 7) is 1.68. The monoisotopic (exact) mass is 328 g/mol. The number of nitrogens with zero attached hydrogens (tertiary/aromatic N) is 2. The lowest BCUT2D eigenvalue weighted by Crippen LogP contribution is -2.47. The number of hydrogen-bond donors (Lipinski definition) is 0. The lowest BCUT2D eigenvalue weighted by atomic mass is 10.1. The SMILES string of the molecule is O=[N+]([O-])c1ccc(S(=O)(=O)N2CCC3(CC2)OCCO3)cc1. The van der Waals surface area contributed by atoms with Crippen LogP contribution in [-0.4, -0.2) is 49.7 Å². The van der Waals surface area contributed by atoms with E-state index in [-0.39, 0.29) is 10.6 Å². The van der Waals surface area contributed by atoms with Gasteiger partial charge in [-0.15, -0.1) is 0 Å². The van der Waals surface area contributed by atoms with Crippen molar-refractivity contribution in [2.75, 3.05) is 26.3 Å². The standard InChI is InChI=1S/C13H16N2O6S/c16-15(17)11-1-3-12(4-2-11)22(18,19)14-7-5-13(6-8-14)20-9-10-21-13/h1-4H,5-10H2. The van der Waals surface area contributed by atoms with E-state index in [0.717, 1.165) is 0 Å². The van der Waals surface area contributed by atoms with E-state index in [4.69, 9.17) is 9.47 Å². The maximum absolute atomic E-state index is 12.5. The molecule has 8 nitrogen and oxygen atoms in total. The minimum Gasteiger partial charge on any atom is -0.347 e. The Kier molecular flexibility index (Phi) is 3.89. The minimum atomic E-state index is -3.65.